The molecule has 0 aliphatic heterocycles. The molecule has 0 N–H and O–H groups in total. The number of amides is 1. The summed E-state index contributed by atoms with van der Waals surface area (Å²) >= 11 is 0. The predicted octanol–water partition coefficient (Wildman–Crippen LogP) is 2.68. The van der Waals surface area contributed by atoms with Gasteiger partial charge < -0.3 is 4.90 Å². The Balaban J connectivity index is 2.93. The molecule has 0 fully saturated rings. The van der Waals surface area contributed by atoms with Crippen LogP contribution in [0.25, 0.3) is 0 Å². The number of hydrogen-bond acceptors (Lipinski definition) is 2. The van der Waals surface area contributed by atoms with Gasteiger partial charge in [0.15, 0.2) is 0 Å². The first-order chi connectivity index (χ1) is 7.95. The fourth-order valence-corrected chi connectivity index (χ4v) is 1.77. The number of nitrogens with zero attached hydrogens (tertiary/aromatic N) is 2. The summed E-state index contributed by atoms with van der Waals surface area (Å²) < 4.78 is 0. The van der Waals surface area contributed by atoms with Gasteiger partial charge in [0.25, 0.3) is 5.91 Å². The molecule has 1 amide bonds. The van der Waals surface area contributed by atoms with Gasteiger partial charge in [-0.1, -0.05) is 17.2 Å². The molecule has 1 rings (SSSR count). The van der Waals surface area contributed by atoms with Crippen molar-refractivity contribution in [2.24, 2.45) is 0 Å². The zero-order valence-corrected chi connectivity index (χ0v) is 10.8. The van der Waals surface area contributed by atoms with Crippen LogP contribution >= 0.6 is 0 Å². The molecule has 0 bridgehead atoms. The second-order valence-corrected chi connectivity index (χ2v) is 4.50. The van der Waals surface area contributed by atoms with Crippen molar-refractivity contribution in [3.05, 3.63) is 34.9 Å². The normalized spacial score (nSPS) is 11.7. The van der Waals surface area contributed by atoms with Gasteiger partial charge in [0.1, 0.15) is 0 Å². The van der Waals surface area contributed by atoms with Crippen molar-refractivity contribution in [2.45, 2.75) is 33.2 Å². The highest BCUT2D eigenvalue weighted by Gasteiger charge is 2.17. The summed E-state index contributed by atoms with van der Waals surface area (Å²) in [4.78, 5) is 13.8. The van der Waals surface area contributed by atoms with E-state index < -0.39 is 0 Å². The Morgan fingerprint density at radius 3 is 2.35 bits per heavy atom. The number of benzene rings is 1. The molecule has 1 atom stereocenters. The van der Waals surface area contributed by atoms with Gasteiger partial charge in [-0.2, -0.15) is 5.26 Å². The van der Waals surface area contributed by atoms with Crippen LogP contribution in [-0.4, -0.2) is 23.9 Å². The Bertz CT molecular complexity index is 440. The molecule has 3 nitrogen and oxygen atoms in total. The van der Waals surface area contributed by atoms with Crippen LogP contribution in [0.3, 0.4) is 0 Å². The predicted molar refractivity (Wildman–Crippen MR) is 67.7 cm³/mol. The maximum absolute atomic E-state index is 12.2. The van der Waals surface area contributed by atoms with E-state index in [-0.39, 0.29) is 11.9 Å². The molecule has 3 heteroatoms. The van der Waals surface area contributed by atoms with E-state index >= 15 is 0 Å². The fraction of sp³-hybridized carbons (Fsp3) is 0.429. The van der Waals surface area contributed by atoms with Crippen molar-refractivity contribution < 1.29 is 4.79 Å². The molecule has 0 radical (unpaired) electrons. The standard InChI is InChI=1S/C14H18N2O/c1-10-7-11(2)9-13(8-10)14(17)16(4)12(3)5-6-15/h7-9,12H,5H2,1-4H3. The lowest BCUT2D eigenvalue weighted by Crippen LogP contribution is -2.34. The van der Waals surface area contributed by atoms with Crippen LogP contribution in [0.15, 0.2) is 18.2 Å². The fourth-order valence-electron chi connectivity index (χ4n) is 1.77. The molecule has 0 aromatic heterocycles. The van der Waals surface area contributed by atoms with Crippen molar-refractivity contribution in [2.75, 3.05) is 7.05 Å². The number of hydrogen-bond donors (Lipinski definition) is 0. The first kappa shape index (κ1) is 13.2. The summed E-state index contributed by atoms with van der Waals surface area (Å²) in [6, 6.07) is 7.82. The summed E-state index contributed by atoms with van der Waals surface area (Å²) in [5, 5.41) is 8.64. The van der Waals surface area contributed by atoms with E-state index in [1.807, 2.05) is 39.0 Å². The summed E-state index contributed by atoms with van der Waals surface area (Å²) in [7, 11) is 1.74. The zero-order chi connectivity index (χ0) is 13.0. The van der Waals surface area contributed by atoms with Crippen molar-refractivity contribution in [3.8, 4) is 6.07 Å². The number of aryl methyl sites for hydroxylation is 2. The molecule has 1 unspecified atom stereocenters. The van der Waals surface area contributed by atoms with Gasteiger partial charge in [-0.05, 0) is 32.9 Å². The van der Waals surface area contributed by atoms with E-state index in [9.17, 15) is 4.79 Å². The molecule has 1 aromatic carbocycles. The summed E-state index contributed by atoms with van der Waals surface area (Å²) in [6.07, 6.45) is 0.354. The van der Waals surface area contributed by atoms with E-state index in [2.05, 4.69) is 6.07 Å². The Morgan fingerprint density at radius 1 is 1.35 bits per heavy atom. The third-order valence-electron chi connectivity index (χ3n) is 2.84. The molecule has 90 valence electrons. The third-order valence-corrected chi connectivity index (χ3v) is 2.84. The molecule has 1 aromatic rings. The number of nitriles is 1. The number of carbonyl (C=O) groups excluding carboxylic acids is 1. The lowest BCUT2D eigenvalue weighted by atomic mass is 10.1. The van der Waals surface area contributed by atoms with Crippen molar-refractivity contribution in [1.29, 1.82) is 5.26 Å². The van der Waals surface area contributed by atoms with E-state index in [0.29, 0.717) is 12.0 Å². The minimum absolute atomic E-state index is 0.0282. The topological polar surface area (TPSA) is 44.1 Å². The Kier molecular flexibility index (Phi) is 4.28. The Hall–Kier alpha value is -1.82. The van der Waals surface area contributed by atoms with Gasteiger partial charge in [-0.25, -0.2) is 0 Å². The summed E-state index contributed by atoms with van der Waals surface area (Å²) in [6.45, 7) is 5.83. The molecule has 0 aliphatic carbocycles. The highest BCUT2D eigenvalue weighted by molar-refractivity contribution is 5.94. The highest BCUT2D eigenvalue weighted by Crippen LogP contribution is 2.13. The molecule has 0 aliphatic rings. The van der Waals surface area contributed by atoms with Crippen LogP contribution in [0.2, 0.25) is 0 Å². The monoisotopic (exact) mass is 230 g/mol. The molecule has 0 saturated carbocycles. The van der Waals surface area contributed by atoms with Crippen LogP contribution in [0.4, 0.5) is 0 Å². The van der Waals surface area contributed by atoms with E-state index in [0.717, 1.165) is 11.1 Å². The Morgan fingerprint density at radius 2 is 1.88 bits per heavy atom. The smallest absolute Gasteiger partial charge is 0.253 e. The van der Waals surface area contributed by atoms with Crippen LogP contribution in [-0.2, 0) is 0 Å². The van der Waals surface area contributed by atoms with E-state index in [1.165, 1.54) is 0 Å². The molecule has 17 heavy (non-hydrogen) atoms. The summed E-state index contributed by atoms with van der Waals surface area (Å²) in [5.74, 6) is -0.0282. The second kappa shape index (κ2) is 5.49. The van der Waals surface area contributed by atoms with Crippen LogP contribution in [0.1, 0.15) is 34.8 Å². The van der Waals surface area contributed by atoms with Crippen LogP contribution in [0.5, 0.6) is 0 Å². The van der Waals surface area contributed by atoms with Gasteiger partial charge in [0, 0.05) is 18.7 Å². The largest absolute Gasteiger partial charge is 0.338 e. The highest BCUT2D eigenvalue weighted by atomic mass is 16.2. The number of carbonyl (C=O) groups is 1. The average molecular weight is 230 g/mol. The third kappa shape index (κ3) is 3.32. The van der Waals surface area contributed by atoms with Crippen LogP contribution < -0.4 is 0 Å². The lowest BCUT2D eigenvalue weighted by Gasteiger charge is -2.23. The quantitative estimate of drug-likeness (QED) is 0.801. The average Bonchev–Trinajstić information content (AvgIpc) is 2.26. The van der Waals surface area contributed by atoms with Crippen molar-refractivity contribution in [3.63, 3.8) is 0 Å². The molecule has 0 heterocycles. The maximum atomic E-state index is 12.2. The minimum atomic E-state index is -0.0617. The second-order valence-electron chi connectivity index (χ2n) is 4.50. The maximum Gasteiger partial charge on any atom is 0.253 e. The van der Waals surface area contributed by atoms with E-state index in [1.54, 1.807) is 11.9 Å². The first-order valence-corrected chi connectivity index (χ1v) is 5.68. The summed E-state index contributed by atoms with van der Waals surface area (Å²) in [5.41, 5.74) is 2.85. The Labute approximate surface area is 103 Å². The van der Waals surface area contributed by atoms with Crippen molar-refractivity contribution >= 4 is 5.91 Å². The van der Waals surface area contributed by atoms with Gasteiger partial charge in [0.05, 0.1) is 12.5 Å². The molecule has 0 saturated heterocycles. The van der Waals surface area contributed by atoms with Gasteiger partial charge in [-0.3, -0.25) is 4.79 Å². The van der Waals surface area contributed by atoms with E-state index in [4.69, 9.17) is 5.26 Å². The molecule has 0 spiro atoms. The van der Waals surface area contributed by atoms with Gasteiger partial charge >= 0.3 is 0 Å². The van der Waals surface area contributed by atoms with Crippen molar-refractivity contribution in [1.82, 2.24) is 4.90 Å². The first-order valence-electron chi connectivity index (χ1n) is 5.68. The minimum Gasteiger partial charge on any atom is -0.338 e. The van der Waals surface area contributed by atoms with Crippen LogP contribution in [0, 0.1) is 25.2 Å². The molecular weight excluding hydrogens is 212 g/mol. The molecular formula is C14H18N2O. The van der Waals surface area contributed by atoms with Gasteiger partial charge in [-0.15, -0.1) is 0 Å². The SMILES string of the molecule is Cc1cc(C)cc(C(=O)N(C)C(C)CC#N)c1. The zero-order valence-electron chi connectivity index (χ0n) is 10.8. The number of rotatable bonds is 3. The van der Waals surface area contributed by atoms with Gasteiger partial charge in [0.2, 0.25) is 0 Å². The lowest BCUT2D eigenvalue weighted by molar-refractivity contribution is 0.0746.